The first kappa shape index (κ1) is 21.0. The van der Waals surface area contributed by atoms with Crippen molar-refractivity contribution in [2.45, 2.75) is 63.7 Å². The molecule has 0 aliphatic rings. The molecule has 0 aliphatic heterocycles. The van der Waals surface area contributed by atoms with Gasteiger partial charge in [0.15, 0.2) is 0 Å². The summed E-state index contributed by atoms with van der Waals surface area (Å²) < 4.78 is 0. The van der Waals surface area contributed by atoms with Gasteiger partial charge in [-0.15, -0.1) is 0 Å². The third kappa shape index (κ3) is 6.11. The van der Waals surface area contributed by atoms with Crippen LogP contribution in [-0.2, 0) is 11.2 Å². The highest BCUT2D eigenvalue weighted by Gasteiger charge is 2.21. The van der Waals surface area contributed by atoms with E-state index in [2.05, 4.69) is 29.4 Å². The molecule has 1 amide bonds. The van der Waals surface area contributed by atoms with Crippen molar-refractivity contribution >= 4 is 23.4 Å². The second kappa shape index (κ2) is 10.1. The molecule has 1 N–H and O–H groups in total. The minimum atomic E-state index is -0.299. The van der Waals surface area contributed by atoms with Gasteiger partial charge in [-0.2, -0.15) is 5.26 Å². The first-order chi connectivity index (χ1) is 13.0. The fourth-order valence-electron chi connectivity index (χ4n) is 2.88. The van der Waals surface area contributed by atoms with Crippen molar-refractivity contribution in [2.24, 2.45) is 0 Å². The molecule has 4 nitrogen and oxygen atoms in total. The number of pyridine rings is 1. The van der Waals surface area contributed by atoms with Crippen LogP contribution in [0.25, 0.3) is 0 Å². The lowest BCUT2D eigenvalue weighted by atomic mass is 10.1. The number of amides is 1. The average molecular weight is 382 g/mol. The molecule has 2 aromatic rings. The summed E-state index contributed by atoms with van der Waals surface area (Å²) in [5.41, 5.74) is 4.54. The second-order valence-electron chi connectivity index (χ2n) is 6.75. The van der Waals surface area contributed by atoms with Gasteiger partial charge < -0.3 is 5.32 Å². The van der Waals surface area contributed by atoms with Crippen molar-refractivity contribution in [1.82, 2.24) is 4.98 Å². The number of rotatable bonds is 8. The highest BCUT2D eigenvalue weighted by molar-refractivity contribution is 8.00. The van der Waals surface area contributed by atoms with Gasteiger partial charge >= 0.3 is 0 Å². The smallest absolute Gasteiger partial charge is 0.237 e. The molecule has 142 valence electrons. The lowest BCUT2D eigenvalue weighted by molar-refractivity contribution is -0.115. The van der Waals surface area contributed by atoms with Crippen LogP contribution in [0, 0.1) is 25.2 Å². The monoisotopic (exact) mass is 381 g/mol. The number of benzene rings is 1. The molecule has 0 saturated heterocycles. The van der Waals surface area contributed by atoms with Gasteiger partial charge in [0.1, 0.15) is 11.1 Å². The molecule has 2 rings (SSSR count). The number of nitrogens with one attached hydrogen (secondary N) is 1. The van der Waals surface area contributed by atoms with E-state index in [-0.39, 0.29) is 11.2 Å². The molecule has 1 heterocycles. The Kier molecular flexibility index (Phi) is 7.87. The van der Waals surface area contributed by atoms with E-state index in [9.17, 15) is 10.1 Å². The zero-order valence-corrected chi connectivity index (χ0v) is 17.3. The predicted octanol–water partition coefficient (Wildman–Crippen LogP) is 5.42. The maximum absolute atomic E-state index is 12.8. The minimum absolute atomic E-state index is 0.0582. The van der Waals surface area contributed by atoms with Crippen LogP contribution in [-0.4, -0.2) is 16.1 Å². The Bertz CT molecular complexity index is 822. The van der Waals surface area contributed by atoms with Gasteiger partial charge in [-0.05, 0) is 68.5 Å². The number of carbonyl (C=O) groups excluding carboxylic acids is 1. The predicted molar refractivity (Wildman–Crippen MR) is 112 cm³/mol. The molecule has 0 spiro atoms. The molecule has 0 radical (unpaired) electrons. The Morgan fingerprint density at radius 1 is 1.22 bits per heavy atom. The van der Waals surface area contributed by atoms with Crippen LogP contribution in [0.5, 0.6) is 0 Å². The number of nitriles is 1. The van der Waals surface area contributed by atoms with Crippen LogP contribution in [0.2, 0.25) is 0 Å². The van der Waals surface area contributed by atoms with Gasteiger partial charge in [0, 0.05) is 11.4 Å². The maximum Gasteiger partial charge on any atom is 0.237 e. The van der Waals surface area contributed by atoms with E-state index in [0.717, 1.165) is 41.8 Å². The number of thioether (sulfide) groups is 1. The average Bonchev–Trinajstić information content (AvgIpc) is 2.63. The fraction of sp³-hybridized carbons (Fsp3) is 0.409. The number of hydrogen-bond acceptors (Lipinski definition) is 4. The first-order valence-electron chi connectivity index (χ1n) is 9.42. The van der Waals surface area contributed by atoms with Gasteiger partial charge in [0.2, 0.25) is 5.91 Å². The second-order valence-corrected chi connectivity index (χ2v) is 7.94. The van der Waals surface area contributed by atoms with E-state index in [0.29, 0.717) is 17.0 Å². The van der Waals surface area contributed by atoms with Crippen LogP contribution in [0.15, 0.2) is 35.4 Å². The third-order valence-corrected chi connectivity index (χ3v) is 5.60. The van der Waals surface area contributed by atoms with Gasteiger partial charge in [-0.3, -0.25) is 4.79 Å². The van der Waals surface area contributed by atoms with Crippen molar-refractivity contribution in [3.63, 3.8) is 0 Å². The number of nitrogens with zero attached hydrogens (tertiary/aromatic N) is 2. The van der Waals surface area contributed by atoms with E-state index in [4.69, 9.17) is 0 Å². The Morgan fingerprint density at radius 3 is 2.52 bits per heavy atom. The standard InChI is InChI=1S/C22H27N3OS/c1-5-7-8-18-10-9-17(14-23)22(25-18)27-20(6-2)21(26)24-19-12-15(3)11-16(4)13-19/h9-13,20H,5-8H2,1-4H3,(H,24,26). The number of unbranched alkanes of at least 4 members (excludes halogenated alkanes) is 1. The van der Waals surface area contributed by atoms with E-state index in [1.807, 2.05) is 45.0 Å². The molecule has 0 fully saturated rings. The molecule has 0 aliphatic carbocycles. The van der Waals surface area contributed by atoms with Gasteiger partial charge in [0.25, 0.3) is 0 Å². The maximum atomic E-state index is 12.8. The molecule has 0 saturated carbocycles. The first-order valence-corrected chi connectivity index (χ1v) is 10.3. The zero-order chi connectivity index (χ0) is 19.8. The van der Waals surface area contributed by atoms with Crippen molar-refractivity contribution in [1.29, 1.82) is 5.26 Å². The molecule has 1 aromatic carbocycles. The van der Waals surface area contributed by atoms with Crippen LogP contribution in [0.4, 0.5) is 5.69 Å². The zero-order valence-electron chi connectivity index (χ0n) is 16.5. The number of carbonyl (C=O) groups is 1. The minimum Gasteiger partial charge on any atom is -0.325 e. The van der Waals surface area contributed by atoms with Gasteiger partial charge in [-0.25, -0.2) is 4.98 Å². The highest BCUT2D eigenvalue weighted by Crippen LogP contribution is 2.28. The molecule has 1 aromatic heterocycles. The third-order valence-electron chi connectivity index (χ3n) is 4.23. The molecular formula is C22H27N3OS. The summed E-state index contributed by atoms with van der Waals surface area (Å²) in [7, 11) is 0. The van der Waals surface area contributed by atoms with E-state index in [1.54, 1.807) is 0 Å². The summed E-state index contributed by atoms with van der Waals surface area (Å²) in [6.45, 7) is 8.15. The molecule has 1 atom stereocenters. The quantitative estimate of drug-likeness (QED) is 0.620. The number of anilines is 1. The molecule has 27 heavy (non-hydrogen) atoms. The Balaban J connectivity index is 2.17. The molecule has 0 bridgehead atoms. The van der Waals surface area contributed by atoms with Crippen molar-refractivity contribution in [3.8, 4) is 6.07 Å². The summed E-state index contributed by atoms with van der Waals surface area (Å²) in [5.74, 6) is -0.0582. The largest absolute Gasteiger partial charge is 0.325 e. The molecule has 1 unspecified atom stereocenters. The number of hydrogen-bond donors (Lipinski definition) is 1. The molecular weight excluding hydrogens is 354 g/mol. The summed E-state index contributed by atoms with van der Waals surface area (Å²) in [6, 6.07) is 11.9. The number of aromatic nitrogens is 1. The van der Waals surface area contributed by atoms with E-state index >= 15 is 0 Å². The normalized spacial score (nSPS) is 11.7. The van der Waals surface area contributed by atoms with Crippen LogP contribution in [0.3, 0.4) is 0 Å². The van der Waals surface area contributed by atoms with Gasteiger partial charge in [-0.1, -0.05) is 38.1 Å². The van der Waals surface area contributed by atoms with E-state index < -0.39 is 0 Å². The summed E-state index contributed by atoms with van der Waals surface area (Å²) in [6.07, 6.45) is 3.71. The van der Waals surface area contributed by atoms with Gasteiger partial charge in [0.05, 0.1) is 10.8 Å². The van der Waals surface area contributed by atoms with Crippen LogP contribution in [0.1, 0.15) is 55.5 Å². The van der Waals surface area contributed by atoms with E-state index in [1.165, 1.54) is 11.8 Å². The number of aryl methyl sites for hydroxylation is 3. The Labute approximate surface area is 166 Å². The Hall–Kier alpha value is -2.32. The van der Waals surface area contributed by atoms with Crippen molar-refractivity contribution in [2.75, 3.05) is 5.32 Å². The topological polar surface area (TPSA) is 65.8 Å². The summed E-state index contributed by atoms with van der Waals surface area (Å²) in [4.78, 5) is 17.4. The Morgan fingerprint density at radius 2 is 1.93 bits per heavy atom. The van der Waals surface area contributed by atoms with Crippen LogP contribution >= 0.6 is 11.8 Å². The SMILES string of the molecule is CCCCc1ccc(C#N)c(SC(CC)C(=O)Nc2cc(C)cc(C)c2)n1. The van der Waals surface area contributed by atoms with Crippen LogP contribution < -0.4 is 5.32 Å². The lowest BCUT2D eigenvalue weighted by Gasteiger charge is -2.16. The fourth-order valence-corrected chi connectivity index (χ4v) is 3.89. The highest BCUT2D eigenvalue weighted by atomic mass is 32.2. The molecule has 5 heteroatoms. The lowest BCUT2D eigenvalue weighted by Crippen LogP contribution is -2.25. The van der Waals surface area contributed by atoms with Crippen molar-refractivity contribution in [3.05, 3.63) is 52.7 Å². The summed E-state index contributed by atoms with van der Waals surface area (Å²) >= 11 is 1.38. The summed E-state index contributed by atoms with van der Waals surface area (Å²) in [5, 5.41) is 12.8. The van der Waals surface area contributed by atoms with Crippen molar-refractivity contribution < 1.29 is 4.79 Å².